The van der Waals surface area contributed by atoms with Crippen LogP contribution >= 0.6 is 24.8 Å². The van der Waals surface area contributed by atoms with Gasteiger partial charge in [0.1, 0.15) is 11.6 Å². The summed E-state index contributed by atoms with van der Waals surface area (Å²) in [5, 5.41) is 17.3. The minimum absolute atomic E-state index is 0. The van der Waals surface area contributed by atoms with E-state index in [9.17, 15) is 8.42 Å². The van der Waals surface area contributed by atoms with Gasteiger partial charge in [0.15, 0.2) is 0 Å². The van der Waals surface area contributed by atoms with Gasteiger partial charge in [0.25, 0.3) is 0 Å². The molecule has 1 unspecified atom stereocenters. The molecule has 0 amide bonds. The fraction of sp³-hybridized carbons (Fsp3) is 0.357. The second kappa shape index (κ2) is 13.4. The average molecular weight is 595 g/mol. The van der Waals surface area contributed by atoms with Crippen molar-refractivity contribution in [1.82, 2.24) is 4.90 Å². The van der Waals surface area contributed by atoms with Gasteiger partial charge >= 0.3 is 0 Å². The molecule has 0 saturated carbocycles. The number of ether oxygens (including phenoxy) is 1. The maximum atomic E-state index is 13.2. The van der Waals surface area contributed by atoms with E-state index in [2.05, 4.69) is 0 Å². The lowest BCUT2D eigenvalue weighted by molar-refractivity contribution is 0.300. The number of nitrogen functional groups attached to an aromatic ring is 1. The van der Waals surface area contributed by atoms with E-state index in [0.29, 0.717) is 30.1 Å². The molecular weight excluding hydrogens is 557 g/mol. The Morgan fingerprint density at radius 1 is 1.05 bits per heavy atom. The molecule has 1 atom stereocenters. The summed E-state index contributed by atoms with van der Waals surface area (Å²) in [5.74, 6) is 1.29. The van der Waals surface area contributed by atoms with E-state index >= 15 is 0 Å². The van der Waals surface area contributed by atoms with Crippen molar-refractivity contribution in [3.63, 3.8) is 0 Å². The molecule has 1 aliphatic heterocycles. The maximum Gasteiger partial charge on any atom is 0.235 e. The van der Waals surface area contributed by atoms with Gasteiger partial charge in [-0.05, 0) is 78.9 Å². The van der Waals surface area contributed by atoms with Gasteiger partial charge in [-0.3, -0.25) is 15.1 Å². The van der Waals surface area contributed by atoms with Crippen LogP contribution in [0.5, 0.6) is 5.75 Å². The second-order valence-electron chi connectivity index (χ2n) is 9.50. The predicted molar refractivity (Wildman–Crippen MR) is 165 cm³/mol. The number of unbranched alkanes of at least 4 members (excludes halogenated alkanes) is 1. The summed E-state index contributed by atoms with van der Waals surface area (Å²) in [6.45, 7) is 4.82. The number of hydrogen-bond donors (Lipinski definition) is 3. The number of nitrogens with zero attached hydrogens (tertiary/aromatic N) is 2. The van der Waals surface area contributed by atoms with Crippen LogP contribution in [0.4, 0.5) is 5.69 Å². The number of nitrogens with one attached hydrogen (secondary N) is 2. The highest BCUT2D eigenvalue weighted by Crippen LogP contribution is 2.44. The fourth-order valence-corrected chi connectivity index (χ4v) is 6.01. The molecule has 8 nitrogen and oxygen atoms in total. The summed E-state index contributed by atoms with van der Waals surface area (Å²) in [6, 6.07) is 16.9. The summed E-state index contributed by atoms with van der Waals surface area (Å²) in [6.07, 6.45) is 2.34. The summed E-state index contributed by atoms with van der Waals surface area (Å²) < 4.78 is 34.0. The van der Waals surface area contributed by atoms with Gasteiger partial charge in [0.05, 0.1) is 29.9 Å². The summed E-state index contributed by atoms with van der Waals surface area (Å²) in [4.78, 5) is 1.91. The molecule has 0 fully saturated rings. The number of halogens is 2. The number of rotatable bonds is 10. The molecule has 0 radical (unpaired) electrons. The molecular formula is C28H37Cl2N5O3S. The topological polar surface area (TPSA) is 124 Å². The average Bonchev–Trinajstić information content (AvgIpc) is 3.27. The first-order valence-electron chi connectivity index (χ1n) is 12.5. The monoisotopic (exact) mass is 593 g/mol. The normalized spacial score (nSPS) is 14.2. The predicted octanol–water partition coefficient (Wildman–Crippen LogP) is 5.51. The zero-order chi connectivity index (χ0) is 26.7. The van der Waals surface area contributed by atoms with Crippen LogP contribution in [-0.4, -0.2) is 50.9 Å². The highest BCUT2D eigenvalue weighted by atomic mass is 35.5. The zero-order valence-corrected chi connectivity index (χ0v) is 24.9. The molecule has 0 aliphatic carbocycles. The Morgan fingerprint density at radius 3 is 2.44 bits per heavy atom. The van der Waals surface area contributed by atoms with E-state index in [-0.39, 0.29) is 42.4 Å². The van der Waals surface area contributed by atoms with Gasteiger partial charge in [-0.1, -0.05) is 24.3 Å². The third kappa shape index (κ3) is 7.15. The van der Waals surface area contributed by atoms with Crippen LogP contribution in [0, 0.1) is 10.8 Å². The molecule has 1 heterocycles. The van der Waals surface area contributed by atoms with Crippen molar-refractivity contribution < 1.29 is 13.2 Å². The van der Waals surface area contributed by atoms with Gasteiger partial charge in [0.2, 0.25) is 10.0 Å². The van der Waals surface area contributed by atoms with Crippen molar-refractivity contribution in [3.8, 4) is 5.75 Å². The highest BCUT2D eigenvalue weighted by Gasteiger charge is 2.37. The number of hydrogen-bond acceptors (Lipinski definition) is 5. The third-order valence-corrected chi connectivity index (χ3v) is 8.72. The van der Waals surface area contributed by atoms with Crippen LogP contribution in [-0.2, 0) is 16.4 Å². The van der Waals surface area contributed by atoms with Crippen molar-refractivity contribution in [3.05, 3.63) is 71.3 Å². The Kier molecular flexibility index (Phi) is 11.0. The van der Waals surface area contributed by atoms with E-state index in [1.165, 1.54) is 0 Å². The van der Waals surface area contributed by atoms with E-state index in [0.717, 1.165) is 47.0 Å². The Bertz CT molecular complexity index is 1450. The van der Waals surface area contributed by atoms with Crippen LogP contribution in [0.2, 0.25) is 0 Å². The molecule has 4 rings (SSSR count). The molecule has 3 aromatic rings. The van der Waals surface area contributed by atoms with Gasteiger partial charge < -0.3 is 15.4 Å². The number of benzene rings is 3. The maximum absolute atomic E-state index is 13.2. The van der Waals surface area contributed by atoms with E-state index in [1.807, 2.05) is 66.5 Å². The Balaban J connectivity index is 0.00000267. The standard InChI is InChI=1S/C28H35N5O3S.2ClH/c1-4-37(34,35)33-26-12-11-25(36-14-6-5-13-32(3)19(2)29)17-24(26)18-27(33)21-9-7-20-8-10-22(28(30)31)16-23(20)15-21;;/h7-12,15-17,27,29H,4-6,13-14,18H2,1-3H3,(H3,30,31);2*1H. The Morgan fingerprint density at radius 2 is 1.77 bits per heavy atom. The van der Waals surface area contributed by atoms with Crippen LogP contribution in [0.25, 0.3) is 10.8 Å². The van der Waals surface area contributed by atoms with Crippen LogP contribution in [0.15, 0.2) is 54.6 Å². The lowest BCUT2D eigenvalue weighted by Crippen LogP contribution is -2.33. The van der Waals surface area contributed by atoms with Crippen molar-refractivity contribution >= 4 is 63.0 Å². The fourth-order valence-electron chi connectivity index (χ4n) is 4.67. The number of fused-ring (bicyclic) bond motifs is 2. The quantitative estimate of drug-likeness (QED) is 0.162. The molecule has 0 aromatic heterocycles. The first kappa shape index (κ1) is 32.2. The summed E-state index contributed by atoms with van der Waals surface area (Å²) in [5.41, 5.74) is 8.85. The van der Waals surface area contributed by atoms with Crippen molar-refractivity contribution in [2.24, 2.45) is 5.73 Å². The summed E-state index contributed by atoms with van der Waals surface area (Å²) >= 11 is 0. The van der Waals surface area contributed by atoms with E-state index in [4.69, 9.17) is 21.3 Å². The summed E-state index contributed by atoms with van der Waals surface area (Å²) in [7, 11) is -1.61. The first-order valence-corrected chi connectivity index (χ1v) is 14.1. The Hall–Kier alpha value is -3.01. The largest absolute Gasteiger partial charge is 0.494 e. The highest BCUT2D eigenvalue weighted by molar-refractivity contribution is 7.92. The van der Waals surface area contributed by atoms with Crippen LogP contribution in [0.3, 0.4) is 0 Å². The van der Waals surface area contributed by atoms with E-state index in [1.54, 1.807) is 18.2 Å². The minimum atomic E-state index is -3.52. The van der Waals surface area contributed by atoms with Crippen LogP contribution in [0.1, 0.15) is 49.4 Å². The lowest BCUT2D eigenvalue weighted by atomic mass is 9.98. The Labute approximate surface area is 243 Å². The van der Waals surface area contributed by atoms with Gasteiger partial charge in [-0.2, -0.15) is 0 Å². The minimum Gasteiger partial charge on any atom is -0.494 e. The van der Waals surface area contributed by atoms with Gasteiger partial charge in [-0.15, -0.1) is 24.8 Å². The molecule has 39 heavy (non-hydrogen) atoms. The number of amidine groups is 2. The first-order chi connectivity index (χ1) is 17.6. The molecule has 11 heteroatoms. The second-order valence-corrected chi connectivity index (χ2v) is 11.6. The SMILES string of the molecule is CCS(=O)(=O)N1c2ccc(OCCCCN(C)C(C)=N)cc2CC1c1ccc2ccc(C(=N)N)cc2c1.Cl.Cl. The molecule has 4 N–H and O–H groups in total. The zero-order valence-electron chi connectivity index (χ0n) is 22.4. The molecule has 0 spiro atoms. The number of sulfonamides is 1. The van der Waals surface area contributed by atoms with Crippen LogP contribution < -0.4 is 14.8 Å². The molecule has 3 aromatic carbocycles. The third-order valence-electron chi connectivity index (χ3n) is 6.94. The van der Waals surface area contributed by atoms with Crippen molar-refractivity contribution in [2.45, 2.75) is 39.2 Å². The number of nitrogens with two attached hydrogens (primary N) is 1. The van der Waals surface area contributed by atoms with Gasteiger partial charge in [0, 0.05) is 25.6 Å². The molecule has 0 bridgehead atoms. The molecule has 1 aliphatic rings. The van der Waals surface area contributed by atoms with E-state index < -0.39 is 10.0 Å². The lowest BCUT2D eigenvalue weighted by Gasteiger charge is -2.27. The number of anilines is 1. The van der Waals surface area contributed by atoms with Gasteiger partial charge in [-0.25, -0.2) is 8.42 Å². The molecule has 0 saturated heterocycles. The smallest absolute Gasteiger partial charge is 0.235 e. The molecule has 212 valence electrons. The van der Waals surface area contributed by atoms with Crippen molar-refractivity contribution in [2.75, 3.05) is 30.3 Å². The van der Waals surface area contributed by atoms with Crippen molar-refractivity contribution in [1.29, 1.82) is 10.8 Å².